The van der Waals surface area contributed by atoms with Crippen molar-refractivity contribution in [3.8, 4) is 0 Å². The number of fused-ring (bicyclic) bond motifs is 1. The van der Waals surface area contributed by atoms with E-state index in [9.17, 15) is 9.59 Å². The van der Waals surface area contributed by atoms with Crippen LogP contribution in [0.15, 0.2) is 66.9 Å². The molecule has 2 amide bonds. The fourth-order valence-electron chi connectivity index (χ4n) is 2.73. The zero-order valence-electron chi connectivity index (χ0n) is 14.6. The predicted molar refractivity (Wildman–Crippen MR) is 102 cm³/mol. The fourth-order valence-corrected chi connectivity index (χ4v) is 2.73. The largest absolute Gasteiger partial charge is 0.354 e. The quantitative estimate of drug-likeness (QED) is 0.719. The molecule has 1 heterocycles. The normalized spacial score (nSPS) is 11.7. The van der Waals surface area contributed by atoms with Gasteiger partial charge in [-0.1, -0.05) is 43.3 Å². The van der Waals surface area contributed by atoms with Gasteiger partial charge in [-0.25, -0.2) is 0 Å². The Morgan fingerprint density at radius 1 is 1.04 bits per heavy atom. The highest BCUT2D eigenvalue weighted by Gasteiger charge is 2.23. The van der Waals surface area contributed by atoms with Crippen LogP contribution < -0.4 is 10.6 Å². The predicted octanol–water partition coefficient (Wildman–Crippen LogP) is 3.23. The molecule has 1 atom stereocenters. The minimum atomic E-state index is -0.736. The third-order valence-electron chi connectivity index (χ3n) is 4.08. The first-order valence-corrected chi connectivity index (χ1v) is 8.67. The molecule has 0 saturated heterocycles. The van der Waals surface area contributed by atoms with Gasteiger partial charge in [-0.15, -0.1) is 0 Å². The second-order valence-corrected chi connectivity index (χ2v) is 6.02. The summed E-state index contributed by atoms with van der Waals surface area (Å²) in [7, 11) is 0. The van der Waals surface area contributed by atoms with E-state index >= 15 is 0 Å². The van der Waals surface area contributed by atoms with E-state index in [2.05, 4.69) is 15.6 Å². The molecule has 2 aromatic carbocycles. The summed E-state index contributed by atoms with van der Waals surface area (Å²) in [5, 5.41) is 6.59. The summed E-state index contributed by atoms with van der Waals surface area (Å²) in [6.45, 7) is 2.55. The molecule has 2 N–H and O–H groups in total. The molecule has 3 rings (SSSR count). The van der Waals surface area contributed by atoms with Crippen LogP contribution in [0.1, 0.15) is 35.3 Å². The summed E-state index contributed by atoms with van der Waals surface area (Å²) in [6, 6.07) is 17.5. The number of nitrogens with one attached hydrogen (secondary N) is 2. The maximum atomic E-state index is 12.7. The maximum absolute atomic E-state index is 12.7. The highest BCUT2D eigenvalue weighted by molar-refractivity contribution is 6.00. The summed E-state index contributed by atoms with van der Waals surface area (Å²) in [5.41, 5.74) is 2.07. The lowest BCUT2D eigenvalue weighted by molar-refractivity contribution is -0.123. The van der Waals surface area contributed by atoms with Gasteiger partial charge in [0.25, 0.3) is 5.91 Å². The van der Waals surface area contributed by atoms with Crippen molar-refractivity contribution >= 4 is 22.7 Å². The molecule has 5 nitrogen and oxygen atoms in total. The molecule has 3 aromatic rings. The summed E-state index contributed by atoms with van der Waals surface area (Å²) in [4.78, 5) is 29.5. The van der Waals surface area contributed by atoms with Gasteiger partial charge in [0.2, 0.25) is 5.91 Å². The SMILES string of the molecule is CCCNC(=O)C(NC(=O)c1ccc2ncccc2c1)c1ccccc1. The smallest absolute Gasteiger partial charge is 0.252 e. The number of carbonyl (C=O) groups is 2. The van der Waals surface area contributed by atoms with Crippen LogP contribution in [-0.4, -0.2) is 23.3 Å². The van der Waals surface area contributed by atoms with E-state index in [-0.39, 0.29) is 11.8 Å². The van der Waals surface area contributed by atoms with Crippen molar-refractivity contribution in [1.82, 2.24) is 15.6 Å². The molecule has 0 radical (unpaired) electrons. The van der Waals surface area contributed by atoms with Crippen LogP contribution in [0.4, 0.5) is 0 Å². The van der Waals surface area contributed by atoms with Crippen LogP contribution in [0, 0.1) is 0 Å². The lowest BCUT2D eigenvalue weighted by Crippen LogP contribution is -2.40. The zero-order valence-corrected chi connectivity index (χ0v) is 14.6. The third kappa shape index (κ3) is 4.06. The van der Waals surface area contributed by atoms with Crippen LogP contribution in [0.25, 0.3) is 10.9 Å². The summed E-state index contributed by atoms with van der Waals surface area (Å²) < 4.78 is 0. The van der Waals surface area contributed by atoms with E-state index in [1.165, 1.54) is 0 Å². The van der Waals surface area contributed by atoms with Crippen LogP contribution in [0.2, 0.25) is 0 Å². The third-order valence-corrected chi connectivity index (χ3v) is 4.08. The van der Waals surface area contributed by atoms with E-state index in [1.54, 1.807) is 24.4 Å². The Bertz CT molecular complexity index is 909. The summed E-state index contributed by atoms with van der Waals surface area (Å²) in [6.07, 6.45) is 2.55. The second-order valence-electron chi connectivity index (χ2n) is 6.02. The zero-order chi connectivity index (χ0) is 18.4. The van der Waals surface area contributed by atoms with E-state index in [1.807, 2.05) is 49.4 Å². The molecule has 0 aliphatic rings. The molecule has 0 spiro atoms. The molecule has 0 aliphatic heterocycles. The van der Waals surface area contributed by atoms with E-state index in [0.29, 0.717) is 12.1 Å². The number of pyridine rings is 1. The van der Waals surface area contributed by atoms with Gasteiger partial charge in [-0.05, 0) is 36.2 Å². The van der Waals surface area contributed by atoms with Gasteiger partial charge in [0.1, 0.15) is 6.04 Å². The number of hydrogen-bond acceptors (Lipinski definition) is 3. The average molecular weight is 347 g/mol. The van der Waals surface area contributed by atoms with Crippen molar-refractivity contribution in [1.29, 1.82) is 0 Å². The minimum absolute atomic E-state index is 0.214. The summed E-state index contributed by atoms with van der Waals surface area (Å²) in [5.74, 6) is -0.509. The number of nitrogens with zero attached hydrogens (tertiary/aromatic N) is 1. The highest BCUT2D eigenvalue weighted by Crippen LogP contribution is 2.17. The molecular weight excluding hydrogens is 326 g/mol. The van der Waals surface area contributed by atoms with Crippen LogP contribution in [-0.2, 0) is 4.79 Å². The van der Waals surface area contributed by atoms with Crippen molar-refractivity contribution in [2.75, 3.05) is 6.54 Å². The molecule has 0 bridgehead atoms. The van der Waals surface area contributed by atoms with Crippen LogP contribution >= 0.6 is 0 Å². The Labute approximate surface area is 152 Å². The molecule has 0 fully saturated rings. The van der Waals surface area contributed by atoms with Crippen molar-refractivity contribution in [3.05, 3.63) is 78.0 Å². The number of aromatic nitrogens is 1. The molecular formula is C21H21N3O2. The molecule has 1 aromatic heterocycles. The van der Waals surface area contributed by atoms with Crippen molar-refractivity contribution in [2.45, 2.75) is 19.4 Å². The Hall–Kier alpha value is -3.21. The number of amides is 2. The highest BCUT2D eigenvalue weighted by atomic mass is 16.2. The van der Waals surface area contributed by atoms with Gasteiger partial charge in [0, 0.05) is 23.7 Å². The van der Waals surface area contributed by atoms with Gasteiger partial charge in [0.15, 0.2) is 0 Å². The molecule has 26 heavy (non-hydrogen) atoms. The van der Waals surface area contributed by atoms with E-state index < -0.39 is 6.04 Å². The molecule has 1 unspecified atom stereocenters. The van der Waals surface area contributed by atoms with Crippen LogP contribution in [0.3, 0.4) is 0 Å². The van der Waals surface area contributed by atoms with Crippen molar-refractivity contribution in [2.24, 2.45) is 0 Å². The van der Waals surface area contributed by atoms with Crippen molar-refractivity contribution < 1.29 is 9.59 Å². The molecule has 132 valence electrons. The molecule has 0 saturated carbocycles. The molecule has 0 aliphatic carbocycles. The monoisotopic (exact) mass is 347 g/mol. The minimum Gasteiger partial charge on any atom is -0.354 e. The Morgan fingerprint density at radius 3 is 2.62 bits per heavy atom. The van der Waals surface area contributed by atoms with E-state index in [4.69, 9.17) is 0 Å². The first-order valence-electron chi connectivity index (χ1n) is 8.67. The first kappa shape index (κ1) is 17.6. The summed E-state index contributed by atoms with van der Waals surface area (Å²) >= 11 is 0. The number of hydrogen-bond donors (Lipinski definition) is 2. The standard InChI is InChI=1S/C21H21N3O2/c1-2-12-23-21(26)19(15-7-4-3-5-8-15)24-20(25)17-10-11-18-16(14-17)9-6-13-22-18/h3-11,13-14,19H,2,12H2,1H3,(H,23,26)(H,24,25). The van der Waals surface area contributed by atoms with E-state index in [0.717, 1.165) is 22.9 Å². The molecule has 5 heteroatoms. The first-order chi connectivity index (χ1) is 12.7. The maximum Gasteiger partial charge on any atom is 0.252 e. The lowest BCUT2D eigenvalue weighted by atomic mass is 10.0. The van der Waals surface area contributed by atoms with Gasteiger partial charge in [-0.2, -0.15) is 0 Å². The Morgan fingerprint density at radius 2 is 1.85 bits per heavy atom. The van der Waals surface area contributed by atoms with Gasteiger partial charge < -0.3 is 10.6 Å². The Balaban J connectivity index is 1.84. The number of rotatable bonds is 6. The number of carbonyl (C=O) groups excluding carboxylic acids is 2. The topological polar surface area (TPSA) is 71.1 Å². The fraction of sp³-hybridized carbons (Fsp3) is 0.190. The van der Waals surface area contributed by atoms with Gasteiger partial charge in [0.05, 0.1) is 5.52 Å². The second kappa shape index (κ2) is 8.25. The van der Waals surface area contributed by atoms with Crippen molar-refractivity contribution in [3.63, 3.8) is 0 Å². The lowest BCUT2D eigenvalue weighted by Gasteiger charge is -2.19. The average Bonchev–Trinajstić information content (AvgIpc) is 2.70. The van der Waals surface area contributed by atoms with Gasteiger partial charge in [-0.3, -0.25) is 14.6 Å². The van der Waals surface area contributed by atoms with Crippen LogP contribution in [0.5, 0.6) is 0 Å². The number of benzene rings is 2. The van der Waals surface area contributed by atoms with Gasteiger partial charge >= 0.3 is 0 Å². The Kier molecular flexibility index (Phi) is 5.59.